The molecule has 0 saturated carbocycles. The van der Waals surface area contributed by atoms with Crippen molar-refractivity contribution in [2.24, 2.45) is 0 Å². The molecule has 4 nitrogen and oxygen atoms in total. The molecule has 0 atom stereocenters. The van der Waals surface area contributed by atoms with E-state index in [9.17, 15) is 0 Å². The monoisotopic (exact) mass is 169 g/mol. The average molecular weight is 167 g/mol. The molecule has 0 N–H and O–H groups in total. The molecule has 0 bridgehead atoms. The summed E-state index contributed by atoms with van der Waals surface area (Å²) >= 11 is -6.02. The number of rotatable bonds is 0. The predicted molar refractivity (Wildman–Crippen MR) is 1.37 cm³/mol. The summed E-state index contributed by atoms with van der Waals surface area (Å²) in [6.45, 7) is 0. The third-order valence-electron chi connectivity index (χ3n) is 0. The van der Waals surface area contributed by atoms with E-state index in [1.807, 2.05) is 0 Å². The Morgan fingerprint density at radius 3 is 1.17 bits per heavy atom. The molecule has 6 heavy (non-hydrogen) atoms. The molecule has 0 aliphatic heterocycles. The van der Waals surface area contributed by atoms with Crippen LogP contribution in [-0.4, -0.2) is 0 Å². The van der Waals surface area contributed by atoms with Crippen molar-refractivity contribution < 1.29 is 49.9 Å². The van der Waals surface area contributed by atoms with E-state index in [1.165, 1.54) is 0 Å². The summed E-state index contributed by atoms with van der Waals surface area (Å²) in [6.07, 6.45) is 0. The van der Waals surface area contributed by atoms with E-state index in [4.69, 9.17) is 14.3 Å². The number of hydrogen-bond donors (Lipinski definition) is 0. The Hall–Kier alpha value is 0.806. The Balaban J connectivity index is 0. The second-order valence-electron chi connectivity index (χ2n) is 0.408. The summed E-state index contributed by atoms with van der Waals surface area (Å²) < 4.78 is 34.5. The molecule has 0 saturated heterocycles. The summed E-state index contributed by atoms with van der Waals surface area (Å²) in [5, 5.41) is 0. The van der Waals surface area contributed by atoms with Crippen molar-refractivity contribution in [3.05, 3.63) is 0 Å². The molecule has 32 valence electrons. The van der Waals surface area contributed by atoms with Gasteiger partial charge < -0.3 is 0 Å². The van der Waals surface area contributed by atoms with Gasteiger partial charge in [-0.05, 0) is 0 Å². The standard InChI is InChI=1S/Li.Mo.4O/q+1;;;;2*-1. The van der Waals surface area contributed by atoms with Crippen LogP contribution in [0.4, 0.5) is 0 Å². The van der Waals surface area contributed by atoms with Crippen molar-refractivity contribution in [3.8, 4) is 0 Å². The fourth-order valence-electron chi connectivity index (χ4n) is 0. The summed E-state index contributed by atoms with van der Waals surface area (Å²) in [6, 6.07) is 0. The van der Waals surface area contributed by atoms with Crippen molar-refractivity contribution in [1.82, 2.24) is 0 Å². The van der Waals surface area contributed by atoms with Gasteiger partial charge in [0.1, 0.15) is 0 Å². The predicted octanol–water partition coefficient (Wildman–Crippen LogP) is -5.61. The molecule has 0 aliphatic rings. The molecule has 0 aromatic heterocycles. The van der Waals surface area contributed by atoms with Crippen LogP contribution in [-0.2, 0) is 23.5 Å². The average Bonchev–Trinajstić information content (AvgIpc) is 0.722. The zero-order valence-corrected chi connectivity index (χ0v) is 5.05. The summed E-state index contributed by atoms with van der Waals surface area (Å²) in [5.74, 6) is 0. The summed E-state index contributed by atoms with van der Waals surface area (Å²) in [5.41, 5.74) is 0. The zero-order chi connectivity index (χ0) is 4.50. The molecule has 0 spiro atoms. The van der Waals surface area contributed by atoms with Gasteiger partial charge in [-0.25, -0.2) is 0 Å². The van der Waals surface area contributed by atoms with Gasteiger partial charge in [0.2, 0.25) is 0 Å². The Morgan fingerprint density at radius 2 is 1.17 bits per heavy atom. The normalized spacial score (nSPS) is 9.67. The molecular formula is LiMoO4-. The van der Waals surface area contributed by atoms with Gasteiger partial charge in [0, 0.05) is 0 Å². The Labute approximate surface area is 50.1 Å². The summed E-state index contributed by atoms with van der Waals surface area (Å²) in [7, 11) is 0. The van der Waals surface area contributed by atoms with Crippen LogP contribution in [0.2, 0.25) is 0 Å². The Kier molecular flexibility index (Phi) is 4.79. The third-order valence-corrected chi connectivity index (χ3v) is 0. The zero-order valence-electron chi connectivity index (χ0n) is 3.04. The van der Waals surface area contributed by atoms with Gasteiger partial charge in [0.25, 0.3) is 0 Å². The molecule has 0 amide bonds. The van der Waals surface area contributed by atoms with Crippen molar-refractivity contribution >= 4 is 0 Å². The molecule has 6 heteroatoms. The summed E-state index contributed by atoms with van der Waals surface area (Å²) in [4.78, 5) is 0. The van der Waals surface area contributed by atoms with E-state index < -0.39 is 16.7 Å². The second-order valence-corrected chi connectivity index (χ2v) is 2.42. The molecule has 0 aromatic carbocycles. The first kappa shape index (κ1) is 9.93. The van der Waals surface area contributed by atoms with E-state index in [-0.39, 0.29) is 18.9 Å². The molecule has 0 heterocycles. The quantitative estimate of drug-likeness (QED) is 0.337. The Bertz CT molecular complexity index is 90.7. The van der Waals surface area contributed by atoms with Crippen molar-refractivity contribution in [1.29, 1.82) is 0 Å². The van der Waals surface area contributed by atoms with Crippen LogP contribution in [0.3, 0.4) is 0 Å². The van der Waals surface area contributed by atoms with Crippen molar-refractivity contribution in [2.45, 2.75) is 0 Å². The number of hydrogen-bond acceptors (Lipinski definition) is 4. The van der Waals surface area contributed by atoms with Gasteiger partial charge in [-0.1, -0.05) is 0 Å². The fraction of sp³-hybridized carbons (Fsp3) is 0. The third kappa shape index (κ3) is 107. The molecule has 0 fully saturated rings. The van der Waals surface area contributed by atoms with Crippen molar-refractivity contribution in [3.63, 3.8) is 0 Å². The topological polar surface area (TPSA) is 80.3 Å². The molecular weight excluding hydrogens is 167 g/mol. The van der Waals surface area contributed by atoms with Crippen LogP contribution in [0.25, 0.3) is 0 Å². The van der Waals surface area contributed by atoms with E-state index in [1.54, 1.807) is 0 Å². The van der Waals surface area contributed by atoms with E-state index in [0.29, 0.717) is 0 Å². The first-order chi connectivity index (χ1) is 2.00. The van der Waals surface area contributed by atoms with E-state index in [0.717, 1.165) is 0 Å². The first-order valence-electron chi connectivity index (χ1n) is 0.667. The molecule has 0 unspecified atom stereocenters. The second kappa shape index (κ2) is 2.89. The Morgan fingerprint density at radius 1 is 1.17 bits per heavy atom. The van der Waals surface area contributed by atoms with Crippen LogP contribution in [0.1, 0.15) is 0 Å². The first-order valence-corrected chi connectivity index (χ1v) is 3.94. The molecule has 0 rings (SSSR count). The van der Waals surface area contributed by atoms with Gasteiger partial charge in [-0.2, -0.15) is 0 Å². The van der Waals surface area contributed by atoms with Crippen molar-refractivity contribution in [2.75, 3.05) is 0 Å². The van der Waals surface area contributed by atoms with E-state index >= 15 is 0 Å². The van der Waals surface area contributed by atoms with E-state index in [2.05, 4.69) is 0 Å². The minimum absolute atomic E-state index is 0. The fourth-order valence-corrected chi connectivity index (χ4v) is 0. The van der Waals surface area contributed by atoms with Crippen LogP contribution in [0, 0.1) is 0 Å². The van der Waals surface area contributed by atoms with Gasteiger partial charge in [-0.3, -0.25) is 0 Å². The van der Waals surface area contributed by atoms with Crippen LogP contribution < -0.4 is 26.4 Å². The van der Waals surface area contributed by atoms with Crippen LogP contribution >= 0.6 is 0 Å². The van der Waals surface area contributed by atoms with Gasteiger partial charge in [0.15, 0.2) is 0 Å². The minimum atomic E-state index is -6.02. The molecule has 0 radical (unpaired) electrons. The maximum atomic E-state index is 8.63. The maximum absolute atomic E-state index is 8.63. The van der Waals surface area contributed by atoms with Gasteiger partial charge in [-0.15, -0.1) is 0 Å². The van der Waals surface area contributed by atoms with Crippen LogP contribution in [0.5, 0.6) is 0 Å². The van der Waals surface area contributed by atoms with Crippen LogP contribution in [0.15, 0.2) is 0 Å². The molecule has 0 aliphatic carbocycles. The van der Waals surface area contributed by atoms with Gasteiger partial charge in [0.05, 0.1) is 0 Å². The molecule has 0 aromatic rings. The SMILES string of the molecule is [Li+].[O]=[Mo](=[O])([O-])[O-]. The van der Waals surface area contributed by atoms with Gasteiger partial charge >= 0.3 is 49.9 Å².